The zero-order valence-electron chi connectivity index (χ0n) is 23.2. The molecule has 39 heavy (non-hydrogen) atoms. The minimum absolute atomic E-state index is 0.180. The molecule has 3 aliphatic heterocycles. The van der Waals surface area contributed by atoms with Gasteiger partial charge in [-0.25, -0.2) is 0 Å². The molecule has 2 bridgehead atoms. The Bertz CT molecular complexity index is 1080. The molecule has 0 radical (unpaired) electrons. The summed E-state index contributed by atoms with van der Waals surface area (Å²) < 4.78 is 11.9. The molecule has 3 heterocycles. The first-order chi connectivity index (χ1) is 18.7. The molecule has 3 unspecified atom stereocenters. The summed E-state index contributed by atoms with van der Waals surface area (Å²) in [5.74, 6) is -2.84. The number of aliphatic hydroxyl groups is 1. The highest BCUT2D eigenvalue weighted by Gasteiger charge is 2.77. The maximum Gasteiger partial charge on any atom is 0.312 e. The van der Waals surface area contributed by atoms with Crippen molar-refractivity contribution in [2.24, 2.45) is 11.8 Å². The Morgan fingerprint density at radius 2 is 1.87 bits per heavy atom. The zero-order chi connectivity index (χ0) is 28.5. The molecule has 7 atom stereocenters. The van der Waals surface area contributed by atoms with Crippen LogP contribution in [0.5, 0.6) is 0 Å². The molecule has 2 amide bonds. The number of likely N-dealkylation sites (tertiary alicyclic amines) is 1. The van der Waals surface area contributed by atoms with Gasteiger partial charge < -0.3 is 29.3 Å². The fourth-order valence-corrected chi connectivity index (χ4v) is 7.64. The highest BCUT2D eigenvalue weighted by molar-refractivity contribution is 9.09. The lowest BCUT2D eigenvalue weighted by Crippen LogP contribution is -2.59. The van der Waals surface area contributed by atoms with E-state index in [2.05, 4.69) is 41.3 Å². The van der Waals surface area contributed by atoms with Crippen molar-refractivity contribution in [3.63, 3.8) is 0 Å². The van der Waals surface area contributed by atoms with Gasteiger partial charge in [0, 0.05) is 35.8 Å². The molecule has 10 heteroatoms. The van der Waals surface area contributed by atoms with Gasteiger partial charge >= 0.3 is 5.97 Å². The van der Waals surface area contributed by atoms with Crippen LogP contribution in [0.2, 0.25) is 0 Å². The topological polar surface area (TPSA) is 99.6 Å². The number of halogens is 1. The standard InChI is InChI=1S/C29H40BrN3O6/c1-6-15-32(20-13-11-19(12-14-20)31(8-3)9-4)27(36)25-29-16-21(30)24(39-29)22(28(37)38-10-5)23(29)26(35)33(25)18(7-2)17-34/h6,11-14,18,21-25,34H,1,7-10,15-17H2,2-5H3/t18-,21?,22-,23-,24-,25?,29?/m0/s1. The molecule has 9 nitrogen and oxygen atoms in total. The second kappa shape index (κ2) is 12.0. The molecule has 3 aliphatic rings. The number of carbonyl (C=O) groups is 3. The lowest BCUT2D eigenvalue weighted by atomic mass is 9.70. The maximum atomic E-state index is 14.6. The van der Waals surface area contributed by atoms with Crippen LogP contribution in [-0.4, -0.2) is 89.3 Å². The second-order valence-corrected chi connectivity index (χ2v) is 11.5. The second-order valence-electron chi connectivity index (χ2n) is 10.3. The van der Waals surface area contributed by atoms with Crippen LogP contribution in [0.3, 0.4) is 0 Å². The first-order valence-corrected chi connectivity index (χ1v) is 14.8. The van der Waals surface area contributed by atoms with Gasteiger partial charge in [-0.2, -0.15) is 0 Å². The summed E-state index contributed by atoms with van der Waals surface area (Å²) >= 11 is 3.66. The molecule has 4 rings (SSSR count). The highest BCUT2D eigenvalue weighted by Crippen LogP contribution is 2.60. The quantitative estimate of drug-likeness (QED) is 0.222. The average molecular weight is 607 g/mol. The number of benzene rings is 1. The van der Waals surface area contributed by atoms with Crippen molar-refractivity contribution in [1.82, 2.24) is 4.90 Å². The van der Waals surface area contributed by atoms with E-state index in [1.807, 2.05) is 31.2 Å². The Morgan fingerprint density at radius 1 is 1.23 bits per heavy atom. The van der Waals surface area contributed by atoms with Crippen LogP contribution in [-0.2, 0) is 23.9 Å². The average Bonchev–Trinajstić information content (AvgIpc) is 3.53. The number of amides is 2. The van der Waals surface area contributed by atoms with Gasteiger partial charge in [0.05, 0.1) is 37.2 Å². The number of rotatable bonds is 12. The lowest BCUT2D eigenvalue weighted by Gasteiger charge is -2.39. The molecule has 0 aromatic heterocycles. The lowest BCUT2D eigenvalue weighted by molar-refractivity contribution is -0.155. The van der Waals surface area contributed by atoms with Gasteiger partial charge in [0.15, 0.2) is 0 Å². The Morgan fingerprint density at radius 3 is 2.41 bits per heavy atom. The predicted molar refractivity (Wildman–Crippen MR) is 153 cm³/mol. The van der Waals surface area contributed by atoms with Gasteiger partial charge in [-0.1, -0.05) is 28.9 Å². The fourth-order valence-electron chi connectivity index (χ4n) is 6.69. The third kappa shape index (κ3) is 4.78. The molecule has 3 saturated heterocycles. The van der Waals surface area contributed by atoms with Crippen molar-refractivity contribution < 1.29 is 29.0 Å². The van der Waals surface area contributed by atoms with E-state index in [4.69, 9.17) is 9.47 Å². The van der Waals surface area contributed by atoms with E-state index in [1.165, 1.54) is 4.90 Å². The van der Waals surface area contributed by atoms with E-state index < -0.39 is 41.6 Å². The Kier molecular flexibility index (Phi) is 9.08. The SMILES string of the molecule is C=CCN(C(=O)C1N([C@@H](CC)CO)C(=O)[C@@H]2[C@H](C(=O)OCC)[C@H]3OC12CC3Br)c1ccc(N(CC)CC)cc1. The molecule has 1 N–H and O–H groups in total. The van der Waals surface area contributed by atoms with Crippen LogP contribution < -0.4 is 9.80 Å². The van der Waals surface area contributed by atoms with E-state index in [-0.39, 0.29) is 36.4 Å². The monoisotopic (exact) mass is 605 g/mol. The summed E-state index contributed by atoms with van der Waals surface area (Å²) in [6, 6.07) is 6.15. The minimum atomic E-state index is -1.21. The van der Waals surface area contributed by atoms with Crippen molar-refractivity contribution in [3.8, 4) is 0 Å². The molecular formula is C29H40BrN3O6. The van der Waals surface area contributed by atoms with Gasteiger partial charge in [-0.05, 0) is 57.9 Å². The number of carbonyl (C=O) groups excluding carboxylic acids is 3. The third-order valence-electron chi connectivity index (χ3n) is 8.46. The largest absolute Gasteiger partial charge is 0.466 e. The number of fused-ring (bicyclic) bond motifs is 1. The third-order valence-corrected chi connectivity index (χ3v) is 9.31. The number of anilines is 2. The van der Waals surface area contributed by atoms with Gasteiger partial charge in [-0.15, -0.1) is 6.58 Å². The van der Waals surface area contributed by atoms with Crippen molar-refractivity contribution in [2.75, 3.05) is 42.6 Å². The molecule has 1 aromatic rings. The first kappa shape index (κ1) is 29.6. The van der Waals surface area contributed by atoms with Crippen LogP contribution in [0.25, 0.3) is 0 Å². The molecule has 1 aromatic carbocycles. The van der Waals surface area contributed by atoms with Crippen LogP contribution >= 0.6 is 15.9 Å². The van der Waals surface area contributed by atoms with Crippen LogP contribution in [0, 0.1) is 11.8 Å². The van der Waals surface area contributed by atoms with E-state index in [9.17, 15) is 19.5 Å². The van der Waals surface area contributed by atoms with Gasteiger partial charge in [-0.3, -0.25) is 14.4 Å². The normalized spacial score (nSPS) is 29.7. The molecular weight excluding hydrogens is 566 g/mol. The van der Waals surface area contributed by atoms with Gasteiger partial charge in [0.2, 0.25) is 5.91 Å². The summed E-state index contributed by atoms with van der Waals surface area (Å²) in [7, 11) is 0. The number of hydrogen-bond donors (Lipinski definition) is 1. The Balaban J connectivity index is 1.79. The summed E-state index contributed by atoms with van der Waals surface area (Å²) in [6.07, 6.45) is 1.91. The number of ether oxygens (including phenoxy) is 2. The maximum absolute atomic E-state index is 14.6. The van der Waals surface area contributed by atoms with Crippen LogP contribution in [0.1, 0.15) is 40.5 Å². The molecule has 0 aliphatic carbocycles. The summed E-state index contributed by atoms with van der Waals surface area (Å²) in [5.41, 5.74) is 0.507. The Hall–Kier alpha value is -2.43. The summed E-state index contributed by atoms with van der Waals surface area (Å²) in [5, 5.41) is 10.3. The molecule has 214 valence electrons. The first-order valence-electron chi connectivity index (χ1n) is 13.9. The number of hydrogen-bond acceptors (Lipinski definition) is 7. The van der Waals surface area contributed by atoms with E-state index >= 15 is 0 Å². The van der Waals surface area contributed by atoms with Crippen LogP contribution in [0.4, 0.5) is 11.4 Å². The van der Waals surface area contributed by atoms with Gasteiger partial charge in [0.1, 0.15) is 11.6 Å². The highest BCUT2D eigenvalue weighted by atomic mass is 79.9. The van der Waals surface area contributed by atoms with Crippen molar-refractivity contribution in [2.45, 2.75) is 69.2 Å². The zero-order valence-corrected chi connectivity index (χ0v) is 24.8. The van der Waals surface area contributed by atoms with Crippen LogP contribution in [0.15, 0.2) is 36.9 Å². The number of alkyl halides is 1. The minimum Gasteiger partial charge on any atom is -0.466 e. The molecule has 1 spiro atoms. The van der Waals surface area contributed by atoms with Crippen molar-refractivity contribution >= 4 is 45.1 Å². The van der Waals surface area contributed by atoms with E-state index in [0.29, 0.717) is 18.5 Å². The van der Waals surface area contributed by atoms with Crippen molar-refractivity contribution in [1.29, 1.82) is 0 Å². The molecule has 0 saturated carbocycles. The van der Waals surface area contributed by atoms with Crippen molar-refractivity contribution in [3.05, 3.63) is 36.9 Å². The fraction of sp³-hybridized carbons (Fsp3) is 0.621. The Labute approximate surface area is 239 Å². The smallest absolute Gasteiger partial charge is 0.312 e. The number of esters is 1. The van der Waals surface area contributed by atoms with E-state index in [1.54, 1.807) is 17.9 Å². The summed E-state index contributed by atoms with van der Waals surface area (Å²) in [4.78, 5) is 46.9. The van der Waals surface area contributed by atoms with Gasteiger partial charge in [0.25, 0.3) is 5.91 Å². The predicted octanol–water partition coefficient (Wildman–Crippen LogP) is 3.13. The van der Waals surface area contributed by atoms with E-state index in [0.717, 1.165) is 18.8 Å². The number of nitrogens with zero attached hydrogens (tertiary/aromatic N) is 3. The molecule has 3 fully saturated rings. The summed E-state index contributed by atoms with van der Waals surface area (Å²) in [6.45, 7) is 13.5. The number of aliphatic hydroxyl groups excluding tert-OH is 1.